The van der Waals surface area contributed by atoms with E-state index in [4.69, 9.17) is 28.9 Å². The van der Waals surface area contributed by atoms with E-state index in [1.54, 1.807) is 0 Å². The second-order valence-electron chi connectivity index (χ2n) is 9.12. The number of halogens is 5. The van der Waals surface area contributed by atoms with Crippen LogP contribution in [0.2, 0.25) is 10.0 Å². The quantitative estimate of drug-likeness (QED) is 0.399. The Morgan fingerprint density at radius 2 is 1.90 bits per heavy atom. The molecule has 0 aliphatic carbocycles. The first-order chi connectivity index (χ1) is 18.3. The van der Waals surface area contributed by atoms with Gasteiger partial charge in [-0.2, -0.15) is 0 Å². The Morgan fingerprint density at radius 3 is 2.54 bits per heavy atom. The van der Waals surface area contributed by atoms with Gasteiger partial charge in [0.15, 0.2) is 9.84 Å². The van der Waals surface area contributed by atoms with E-state index in [0.717, 1.165) is 18.9 Å². The van der Waals surface area contributed by atoms with E-state index in [1.807, 2.05) is 4.90 Å². The first-order valence-electron chi connectivity index (χ1n) is 11.9. The van der Waals surface area contributed by atoms with E-state index >= 15 is 0 Å². The maximum atomic E-state index is 13.4. The molecule has 0 radical (unpaired) electrons. The van der Waals surface area contributed by atoms with Gasteiger partial charge in [0, 0.05) is 29.7 Å². The van der Waals surface area contributed by atoms with Crippen LogP contribution < -0.4 is 21.7 Å². The van der Waals surface area contributed by atoms with Crippen molar-refractivity contribution in [2.45, 2.75) is 50.2 Å². The van der Waals surface area contributed by atoms with Crippen LogP contribution in [0.5, 0.6) is 5.75 Å². The summed E-state index contributed by atoms with van der Waals surface area (Å²) in [6.45, 7) is 1.74. The summed E-state index contributed by atoms with van der Waals surface area (Å²) in [6.07, 6.45) is -3.53. The molecule has 0 amide bonds. The highest BCUT2D eigenvalue weighted by Gasteiger charge is 2.35. The molecule has 0 spiro atoms. The van der Waals surface area contributed by atoms with Crippen molar-refractivity contribution in [3.8, 4) is 5.75 Å². The summed E-state index contributed by atoms with van der Waals surface area (Å²) in [5, 5.41) is -0.453. The highest BCUT2D eigenvalue weighted by Crippen LogP contribution is 2.37. The lowest BCUT2D eigenvalue weighted by atomic mass is 10.1. The standard InChI is InChI=1S/C24H25Cl2F3N4O5S/c1-2-39(36,37)19-6-5-14(25)8-13(19)11-33-22(34)16-9-18(38-24(27,28)29)17(20(26)21(16)31-23(33)35)12-32-7-3-4-15(32)10-30/h5-6,8-9,15H,2-4,7,10-12,30H2,1H3,(H,31,35)/t15-/m0/s1. The third-order valence-electron chi connectivity index (χ3n) is 6.70. The molecule has 2 heterocycles. The monoisotopic (exact) mass is 608 g/mol. The Kier molecular flexibility index (Phi) is 8.39. The van der Waals surface area contributed by atoms with Crippen molar-refractivity contribution >= 4 is 43.9 Å². The lowest BCUT2D eigenvalue weighted by Gasteiger charge is -2.25. The zero-order valence-corrected chi connectivity index (χ0v) is 23.0. The fraction of sp³-hybridized carbons (Fsp3) is 0.417. The molecule has 0 bridgehead atoms. The number of fused-ring (bicyclic) bond motifs is 1. The molecule has 212 valence electrons. The minimum atomic E-state index is -5.09. The summed E-state index contributed by atoms with van der Waals surface area (Å²) in [7, 11) is -3.76. The molecule has 15 heteroatoms. The molecule has 1 atom stereocenters. The molecule has 3 N–H and O–H groups in total. The number of benzene rings is 2. The number of nitrogens with two attached hydrogens (primary N) is 1. The van der Waals surface area contributed by atoms with Gasteiger partial charge in [-0.3, -0.25) is 14.3 Å². The molecule has 0 saturated carbocycles. The third-order valence-corrected chi connectivity index (χ3v) is 9.18. The van der Waals surface area contributed by atoms with Crippen molar-refractivity contribution in [2.75, 3.05) is 18.8 Å². The number of H-pyrrole nitrogens is 1. The summed E-state index contributed by atoms with van der Waals surface area (Å²) >= 11 is 12.5. The number of rotatable bonds is 8. The number of likely N-dealkylation sites (tertiary alicyclic amines) is 1. The summed E-state index contributed by atoms with van der Waals surface area (Å²) in [5.74, 6) is -0.932. The molecular weight excluding hydrogens is 584 g/mol. The molecule has 2 aromatic carbocycles. The predicted octanol–water partition coefficient (Wildman–Crippen LogP) is 3.66. The molecule has 0 unspecified atom stereocenters. The van der Waals surface area contributed by atoms with Crippen molar-refractivity contribution in [3.63, 3.8) is 0 Å². The highest BCUT2D eigenvalue weighted by atomic mass is 35.5. The number of hydrogen-bond acceptors (Lipinski definition) is 7. The van der Waals surface area contributed by atoms with Gasteiger partial charge in [0.1, 0.15) is 5.75 Å². The maximum absolute atomic E-state index is 13.4. The van der Waals surface area contributed by atoms with Gasteiger partial charge in [-0.1, -0.05) is 30.1 Å². The van der Waals surface area contributed by atoms with Crippen molar-refractivity contribution < 1.29 is 26.3 Å². The van der Waals surface area contributed by atoms with E-state index in [1.165, 1.54) is 25.1 Å². The minimum Gasteiger partial charge on any atom is -0.405 e. The SMILES string of the molecule is CCS(=O)(=O)c1ccc(Cl)cc1Cn1c(=O)[nH]c2c(Cl)c(CN3CCC[C@H]3CN)c(OC(F)(F)F)cc2c1=O. The normalized spacial score (nSPS) is 16.7. The molecule has 4 rings (SSSR count). The molecule has 1 aliphatic rings. The molecule has 1 aromatic heterocycles. The molecule has 3 aromatic rings. The van der Waals surface area contributed by atoms with E-state index < -0.39 is 39.7 Å². The Morgan fingerprint density at radius 1 is 1.18 bits per heavy atom. The number of sulfone groups is 1. The lowest BCUT2D eigenvalue weighted by Crippen LogP contribution is -2.37. The summed E-state index contributed by atoms with van der Waals surface area (Å²) in [4.78, 5) is 30.7. The fourth-order valence-electron chi connectivity index (χ4n) is 4.75. The number of ether oxygens (including phenoxy) is 1. The molecule has 1 fully saturated rings. The number of alkyl halides is 3. The highest BCUT2D eigenvalue weighted by molar-refractivity contribution is 7.91. The predicted molar refractivity (Wildman–Crippen MR) is 141 cm³/mol. The number of nitrogens with one attached hydrogen (secondary N) is 1. The molecule has 1 saturated heterocycles. The zero-order chi connectivity index (χ0) is 28.7. The summed E-state index contributed by atoms with van der Waals surface area (Å²) < 4.78 is 70.2. The summed E-state index contributed by atoms with van der Waals surface area (Å²) in [5.41, 5.74) is 3.71. The Balaban J connectivity index is 1.90. The van der Waals surface area contributed by atoms with Crippen molar-refractivity contribution in [2.24, 2.45) is 5.73 Å². The molecule has 39 heavy (non-hydrogen) atoms. The average molecular weight is 609 g/mol. The first kappa shape index (κ1) is 29.4. The van der Waals surface area contributed by atoms with Crippen LogP contribution in [0.25, 0.3) is 10.9 Å². The Labute approximate surface area is 231 Å². The second-order valence-corrected chi connectivity index (χ2v) is 12.2. The van der Waals surface area contributed by atoms with Crippen LogP contribution in [0.3, 0.4) is 0 Å². The van der Waals surface area contributed by atoms with Crippen LogP contribution >= 0.6 is 23.2 Å². The average Bonchev–Trinajstić information content (AvgIpc) is 3.31. The van der Waals surface area contributed by atoms with Gasteiger partial charge in [0.05, 0.1) is 33.1 Å². The number of nitrogens with zero attached hydrogens (tertiary/aromatic N) is 2. The number of aromatic nitrogens is 2. The maximum Gasteiger partial charge on any atom is 0.573 e. The van der Waals surface area contributed by atoms with E-state index in [9.17, 15) is 31.2 Å². The lowest BCUT2D eigenvalue weighted by molar-refractivity contribution is -0.274. The Bertz CT molecular complexity index is 1640. The third kappa shape index (κ3) is 6.12. The second kappa shape index (κ2) is 11.1. The van der Waals surface area contributed by atoms with Crippen LogP contribution in [0.1, 0.15) is 30.9 Å². The zero-order valence-electron chi connectivity index (χ0n) is 20.6. The summed E-state index contributed by atoms with van der Waals surface area (Å²) in [6, 6.07) is 4.74. The van der Waals surface area contributed by atoms with Crippen LogP contribution in [0, 0.1) is 0 Å². The first-order valence-corrected chi connectivity index (χ1v) is 14.4. The minimum absolute atomic E-state index is 0.0477. The van der Waals surface area contributed by atoms with Crippen LogP contribution in [0.4, 0.5) is 13.2 Å². The van der Waals surface area contributed by atoms with Gasteiger partial charge in [-0.25, -0.2) is 13.2 Å². The fourth-order valence-corrected chi connectivity index (χ4v) is 6.36. The molecule has 1 aliphatic heterocycles. The van der Waals surface area contributed by atoms with Crippen LogP contribution in [-0.4, -0.2) is 54.1 Å². The number of hydrogen-bond donors (Lipinski definition) is 2. The van der Waals surface area contributed by atoms with Crippen LogP contribution in [-0.2, 0) is 22.9 Å². The van der Waals surface area contributed by atoms with Crippen molar-refractivity contribution in [1.29, 1.82) is 0 Å². The van der Waals surface area contributed by atoms with Crippen molar-refractivity contribution in [1.82, 2.24) is 14.5 Å². The van der Waals surface area contributed by atoms with Crippen molar-refractivity contribution in [3.05, 3.63) is 66.3 Å². The van der Waals surface area contributed by atoms with Gasteiger partial charge in [-0.15, -0.1) is 13.2 Å². The number of aromatic amines is 1. The molecule has 9 nitrogen and oxygen atoms in total. The van der Waals surface area contributed by atoms with Gasteiger partial charge in [0.25, 0.3) is 5.56 Å². The topological polar surface area (TPSA) is 127 Å². The van der Waals surface area contributed by atoms with E-state index in [2.05, 4.69) is 9.72 Å². The Hall–Kier alpha value is -2.58. The van der Waals surface area contributed by atoms with Gasteiger partial charge >= 0.3 is 12.1 Å². The van der Waals surface area contributed by atoms with Crippen LogP contribution in [0.15, 0.2) is 38.8 Å². The van der Waals surface area contributed by atoms with E-state index in [0.29, 0.717) is 17.7 Å². The van der Waals surface area contributed by atoms with Gasteiger partial charge < -0.3 is 15.5 Å². The smallest absolute Gasteiger partial charge is 0.405 e. The van der Waals surface area contributed by atoms with E-state index in [-0.39, 0.29) is 55.3 Å². The molecular formula is C24H25Cl2F3N4O5S. The van der Waals surface area contributed by atoms with Gasteiger partial charge in [-0.05, 0) is 49.2 Å². The largest absolute Gasteiger partial charge is 0.573 e. The van der Waals surface area contributed by atoms with Gasteiger partial charge in [0.2, 0.25) is 0 Å².